The maximum absolute atomic E-state index is 13.3. The topological polar surface area (TPSA) is 235 Å². The summed E-state index contributed by atoms with van der Waals surface area (Å²) in [5.74, 6) is -3.79. The molecule has 16 nitrogen and oxygen atoms in total. The van der Waals surface area contributed by atoms with E-state index in [1.807, 2.05) is 0 Å². The van der Waals surface area contributed by atoms with E-state index in [1.165, 1.54) is 17.1 Å². The van der Waals surface area contributed by atoms with Gasteiger partial charge in [0.2, 0.25) is 0 Å². The van der Waals surface area contributed by atoms with Gasteiger partial charge in [-0.25, -0.2) is 9.78 Å². The van der Waals surface area contributed by atoms with Gasteiger partial charge in [-0.15, -0.1) is 33.3 Å². The lowest BCUT2D eigenvalue weighted by atomic mass is 9.98. The van der Waals surface area contributed by atoms with Gasteiger partial charge in [0.15, 0.2) is 16.0 Å². The first-order valence-electron chi connectivity index (χ1n) is 10.6. The van der Waals surface area contributed by atoms with Crippen LogP contribution in [0.15, 0.2) is 31.8 Å². The number of ether oxygens (including phenoxy) is 1. The Morgan fingerprint density at radius 3 is 2.71 bits per heavy atom. The van der Waals surface area contributed by atoms with E-state index in [1.54, 1.807) is 6.92 Å². The number of hydrogen-bond acceptors (Lipinski definition) is 15. The minimum Gasteiger partial charge on any atom is -0.488 e. The summed E-state index contributed by atoms with van der Waals surface area (Å²) in [6.07, 6.45) is 0. The number of nitrogen functional groups attached to an aromatic ring is 1. The van der Waals surface area contributed by atoms with Crippen LogP contribution in [0.2, 0.25) is 0 Å². The number of rotatable bonds is 9. The molecule has 0 spiro atoms. The number of amides is 2. The van der Waals surface area contributed by atoms with Gasteiger partial charge in [0, 0.05) is 30.5 Å². The number of fused-ring (bicyclic) bond motifs is 1. The van der Waals surface area contributed by atoms with Crippen molar-refractivity contribution < 1.29 is 34.5 Å². The van der Waals surface area contributed by atoms with Gasteiger partial charge in [-0.2, -0.15) is 0 Å². The summed E-state index contributed by atoms with van der Waals surface area (Å²) in [4.78, 5) is 55.4. The number of hydrogen-bond donors (Lipinski definition) is 5. The summed E-state index contributed by atoms with van der Waals surface area (Å²) in [5.41, 5.74) is 2.42. The maximum atomic E-state index is 13.3. The van der Waals surface area contributed by atoms with Crippen molar-refractivity contribution in [2.45, 2.75) is 29.7 Å². The Kier molecular flexibility index (Phi) is 7.63. The summed E-state index contributed by atoms with van der Waals surface area (Å²) in [6, 6.07) is 0. The van der Waals surface area contributed by atoms with Crippen molar-refractivity contribution in [3.8, 4) is 5.88 Å². The molecule has 4 heterocycles. The average Bonchev–Trinajstić information content (AvgIpc) is 3.32. The van der Waals surface area contributed by atoms with E-state index in [0.717, 1.165) is 39.8 Å². The first kappa shape index (κ1) is 27.4. The third kappa shape index (κ3) is 4.46. The van der Waals surface area contributed by atoms with Crippen LogP contribution >= 0.6 is 34.9 Å². The fourth-order valence-electron chi connectivity index (χ4n) is 3.82. The van der Waals surface area contributed by atoms with Crippen LogP contribution in [-0.4, -0.2) is 93.3 Å². The fraction of sp³-hybridized carbons (Fsp3) is 0.368. The fourth-order valence-corrected chi connectivity index (χ4v) is 6.95. The van der Waals surface area contributed by atoms with Gasteiger partial charge in [-0.05, 0) is 12.5 Å². The lowest BCUT2D eigenvalue weighted by molar-refractivity contribution is -0.191. The van der Waals surface area contributed by atoms with Crippen molar-refractivity contribution in [1.82, 2.24) is 30.0 Å². The second kappa shape index (κ2) is 10.6. The first-order valence-corrected chi connectivity index (χ1v) is 13.5. The third-order valence-electron chi connectivity index (χ3n) is 5.60. The summed E-state index contributed by atoms with van der Waals surface area (Å²) in [7, 11) is 1.18. The van der Waals surface area contributed by atoms with Crippen LogP contribution in [0.4, 0.5) is 5.13 Å². The molecular formula is C19H20N8O8S3. The molecule has 1 fully saturated rings. The molecule has 6 N–H and O–H groups in total. The average molecular weight is 585 g/mol. The quantitative estimate of drug-likeness (QED) is 0.0599. The van der Waals surface area contributed by atoms with Gasteiger partial charge in [-0.3, -0.25) is 23.9 Å². The number of carboxylic acids is 1. The van der Waals surface area contributed by atoms with Crippen LogP contribution in [0.1, 0.15) is 12.6 Å². The van der Waals surface area contributed by atoms with E-state index >= 15 is 0 Å². The maximum Gasteiger partial charge on any atom is 0.352 e. The van der Waals surface area contributed by atoms with E-state index < -0.39 is 46.0 Å². The highest BCUT2D eigenvalue weighted by Gasteiger charge is 2.66. The normalized spacial score (nSPS) is 21.2. The van der Waals surface area contributed by atoms with Crippen LogP contribution in [0.5, 0.6) is 5.88 Å². The molecule has 19 heteroatoms. The summed E-state index contributed by atoms with van der Waals surface area (Å²) in [5, 5.41) is 42.1. The lowest BCUT2D eigenvalue weighted by Gasteiger charge is -2.55. The van der Waals surface area contributed by atoms with Crippen LogP contribution in [-0.2, 0) is 25.7 Å². The Morgan fingerprint density at radius 2 is 2.13 bits per heavy atom. The van der Waals surface area contributed by atoms with E-state index in [-0.39, 0.29) is 39.7 Å². The SMILES string of the molecule is CCn1c(SCC2=C(C(=O)O)N3C(=O)C(NC(=O)/C(=N\O)c4csc(N)n4)(OC)[C@H]3SC2)nnc(O)c1=O. The number of aromatic nitrogens is 4. The standard InChI is InChI=1S/C19H20N8O8S3/c1-3-26-13(30)12(29)23-24-18(26)38-5-7-4-36-16-19(35-2,15(33)27(16)10(7)14(31)32)22-11(28)9(25-34)8-6-37-17(20)21-8/h6,16,34H,3-5H2,1-2H3,(H2,20,21)(H,22,28)(H,23,29)(H,31,32)/b25-9-/t16-,19?/m1/s1. The predicted octanol–water partition coefficient (Wildman–Crippen LogP) is -0.914. The molecule has 2 aromatic rings. The number of carbonyl (C=O) groups is 3. The zero-order chi connectivity index (χ0) is 27.8. The van der Waals surface area contributed by atoms with Crippen LogP contribution < -0.4 is 16.6 Å². The van der Waals surface area contributed by atoms with Crippen molar-refractivity contribution in [1.29, 1.82) is 0 Å². The second-order valence-electron chi connectivity index (χ2n) is 7.65. The molecule has 2 atom stereocenters. The lowest BCUT2D eigenvalue weighted by Crippen LogP contribution is -2.81. The van der Waals surface area contributed by atoms with Gasteiger partial charge in [0.1, 0.15) is 16.8 Å². The molecule has 0 aromatic carbocycles. The van der Waals surface area contributed by atoms with E-state index in [2.05, 4.69) is 25.7 Å². The Balaban J connectivity index is 1.59. The van der Waals surface area contributed by atoms with Gasteiger partial charge in [-0.1, -0.05) is 16.9 Å². The molecule has 1 saturated heterocycles. The number of β-lactam (4-membered cyclic amide) rings is 1. The Morgan fingerprint density at radius 1 is 1.39 bits per heavy atom. The molecule has 2 aliphatic heterocycles. The minimum atomic E-state index is -1.94. The monoisotopic (exact) mass is 584 g/mol. The first-order chi connectivity index (χ1) is 18.1. The molecule has 0 radical (unpaired) electrons. The van der Waals surface area contributed by atoms with E-state index in [0.29, 0.717) is 5.57 Å². The van der Waals surface area contributed by atoms with E-state index in [4.69, 9.17) is 10.5 Å². The minimum absolute atomic E-state index is 0.0213. The number of nitrogens with one attached hydrogen (secondary N) is 1. The molecule has 0 bridgehead atoms. The summed E-state index contributed by atoms with van der Waals surface area (Å²) in [6.45, 7) is 1.86. The number of aliphatic carboxylic acids is 1. The summed E-state index contributed by atoms with van der Waals surface area (Å²) >= 11 is 3.17. The molecule has 1 unspecified atom stereocenters. The highest BCUT2D eigenvalue weighted by molar-refractivity contribution is 8.01. The third-order valence-corrected chi connectivity index (χ3v) is 8.70. The molecule has 2 amide bonds. The zero-order valence-corrected chi connectivity index (χ0v) is 22.1. The van der Waals surface area contributed by atoms with Gasteiger partial charge in [0.05, 0.1) is 0 Å². The van der Waals surface area contributed by atoms with Gasteiger partial charge in [0.25, 0.3) is 23.4 Å². The molecule has 4 rings (SSSR count). The predicted molar refractivity (Wildman–Crippen MR) is 135 cm³/mol. The molecule has 0 saturated carbocycles. The number of thioether (sulfide) groups is 2. The molecule has 0 aliphatic carbocycles. The van der Waals surface area contributed by atoms with Crippen molar-refractivity contribution in [3.63, 3.8) is 0 Å². The number of nitrogens with two attached hydrogens (primary N) is 1. The highest BCUT2D eigenvalue weighted by Crippen LogP contribution is 2.47. The van der Waals surface area contributed by atoms with Crippen LogP contribution in [0.25, 0.3) is 0 Å². The summed E-state index contributed by atoms with van der Waals surface area (Å²) < 4.78 is 6.57. The highest BCUT2D eigenvalue weighted by atomic mass is 32.2. The molecule has 202 valence electrons. The van der Waals surface area contributed by atoms with Crippen molar-refractivity contribution in [2.75, 3.05) is 24.3 Å². The Hall–Kier alpha value is -3.68. The second-order valence-corrected chi connectivity index (χ2v) is 10.6. The number of aromatic hydroxyl groups is 1. The molecule has 2 aliphatic rings. The molecule has 38 heavy (non-hydrogen) atoms. The number of anilines is 1. The number of methoxy groups -OCH3 is 1. The van der Waals surface area contributed by atoms with Crippen LogP contribution in [0.3, 0.4) is 0 Å². The van der Waals surface area contributed by atoms with Gasteiger partial charge >= 0.3 is 11.5 Å². The van der Waals surface area contributed by atoms with Crippen molar-refractivity contribution >= 4 is 63.5 Å². The van der Waals surface area contributed by atoms with Crippen LogP contribution in [0, 0.1) is 0 Å². The van der Waals surface area contributed by atoms with E-state index in [9.17, 15) is 34.6 Å². The smallest absolute Gasteiger partial charge is 0.352 e. The number of carboxylic acid groups (broad SMARTS) is 1. The van der Waals surface area contributed by atoms with Crippen molar-refractivity contribution in [2.24, 2.45) is 5.16 Å². The molecular weight excluding hydrogens is 564 g/mol. The zero-order valence-electron chi connectivity index (χ0n) is 19.6. The molecule has 2 aromatic heterocycles. The number of oxime groups is 1. The number of nitrogens with zero attached hydrogens (tertiary/aromatic N) is 6. The Labute approximate surface area is 225 Å². The number of carbonyl (C=O) groups excluding carboxylic acids is 2. The van der Waals surface area contributed by atoms with Gasteiger partial charge < -0.3 is 31.2 Å². The number of thiazole rings is 1. The largest absolute Gasteiger partial charge is 0.488 e. The Bertz CT molecular complexity index is 1440. The van der Waals surface area contributed by atoms with Crippen molar-refractivity contribution in [3.05, 3.63) is 32.7 Å².